The number of aromatic hydroxyl groups is 1. The van der Waals surface area contributed by atoms with E-state index < -0.39 is 0 Å². The Kier molecular flexibility index (Phi) is 8.66. The molecule has 38 heavy (non-hydrogen) atoms. The molecule has 0 spiro atoms. The number of carbonyl (C=O) groups is 1. The second-order valence-corrected chi connectivity index (χ2v) is 10.5. The van der Waals surface area contributed by atoms with Crippen molar-refractivity contribution in [3.63, 3.8) is 0 Å². The third kappa shape index (κ3) is 5.53. The van der Waals surface area contributed by atoms with Crippen molar-refractivity contribution in [2.75, 3.05) is 33.2 Å². The van der Waals surface area contributed by atoms with E-state index in [0.717, 1.165) is 43.9 Å². The fourth-order valence-electron chi connectivity index (χ4n) is 4.77. The third-order valence-electron chi connectivity index (χ3n) is 6.55. The molecule has 0 unspecified atom stereocenters. The number of nitrogens with zero attached hydrogens (tertiary/aromatic N) is 2. The average molecular weight is 533 g/mol. The van der Waals surface area contributed by atoms with Gasteiger partial charge in [0.25, 0.3) is 0 Å². The predicted octanol–water partition coefficient (Wildman–Crippen LogP) is 5.94. The van der Waals surface area contributed by atoms with E-state index in [0.29, 0.717) is 23.4 Å². The second-order valence-electron chi connectivity index (χ2n) is 9.49. The molecule has 200 valence electrons. The lowest BCUT2D eigenvalue weighted by Gasteiger charge is -2.18. The van der Waals surface area contributed by atoms with Crippen molar-refractivity contribution in [1.29, 1.82) is 0 Å². The molecule has 8 heteroatoms. The van der Waals surface area contributed by atoms with Crippen LogP contribution in [0.3, 0.4) is 0 Å². The lowest BCUT2D eigenvalue weighted by molar-refractivity contribution is 0.0527. The Hall–Kier alpha value is -3.46. The number of thioether (sulfide) groups is 1. The Morgan fingerprint density at radius 3 is 2.50 bits per heavy atom. The number of aromatic nitrogens is 1. The van der Waals surface area contributed by atoms with Gasteiger partial charge in [0.05, 0.1) is 23.4 Å². The van der Waals surface area contributed by atoms with Gasteiger partial charge in [-0.1, -0.05) is 24.3 Å². The molecular weight excluding hydrogens is 496 g/mol. The van der Waals surface area contributed by atoms with Gasteiger partial charge in [0.2, 0.25) is 0 Å². The van der Waals surface area contributed by atoms with E-state index in [1.165, 1.54) is 0 Å². The van der Waals surface area contributed by atoms with Crippen molar-refractivity contribution < 1.29 is 14.6 Å². The fraction of sp³-hybridized carbons (Fsp3) is 0.300. The third-order valence-corrected chi connectivity index (χ3v) is 7.58. The number of aryl methyl sites for hydroxylation is 2. The molecule has 0 bridgehead atoms. The number of nitrogens with one attached hydrogen (secondary N) is 2. The number of anilines is 1. The van der Waals surface area contributed by atoms with E-state index in [2.05, 4.69) is 33.6 Å². The minimum absolute atomic E-state index is 0.179. The monoisotopic (exact) mass is 532 g/mol. The molecule has 3 aromatic carbocycles. The van der Waals surface area contributed by atoms with E-state index in [1.807, 2.05) is 83.3 Å². The molecule has 0 saturated carbocycles. The smallest absolute Gasteiger partial charge is 0.340 e. The second kappa shape index (κ2) is 11.9. The van der Waals surface area contributed by atoms with Gasteiger partial charge in [0.15, 0.2) is 0 Å². The molecule has 0 saturated heterocycles. The number of ether oxygens (including phenoxy) is 1. The van der Waals surface area contributed by atoms with Crippen LogP contribution >= 0.6 is 11.8 Å². The first kappa shape index (κ1) is 27.6. The molecular formula is C30H36N4O3S. The highest BCUT2D eigenvalue weighted by Crippen LogP contribution is 2.43. The van der Waals surface area contributed by atoms with Crippen molar-refractivity contribution in [1.82, 2.24) is 14.9 Å². The average Bonchev–Trinajstić information content (AvgIpc) is 3.17. The number of carbonyl (C=O) groups excluding carboxylic acids is 1. The quantitative estimate of drug-likeness (QED) is 0.133. The van der Waals surface area contributed by atoms with Crippen molar-refractivity contribution in [2.24, 2.45) is 7.05 Å². The number of rotatable bonds is 10. The number of esters is 1. The van der Waals surface area contributed by atoms with Crippen molar-refractivity contribution >= 4 is 34.3 Å². The number of benzene rings is 3. The standard InChI is InChI=1S/C30H36N4O3S/c1-7-37-30(36)28-26(18-38-21-11-9-8-10-12-21)34(6)25-16-22(29(35)23(27(25)28)17-33(4)5)20-13-14-24(32-31-3)19(2)15-20/h8-16,31-32,35H,7,17-18H2,1-6H3. The maximum Gasteiger partial charge on any atom is 0.340 e. The molecule has 4 rings (SSSR count). The minimum Gasteiger partial charge on any atom is -0.507 e. The maximum atomic E-state index is 13.4. The number of hydrogen-bond acceptors (Lipinski definition) is 7. The molecule has 0 aliphatic heterocycles. The summed E-state index contributed by atoms with van der Waals surface area (Å²) in [6.45, 7) is 4.59. The van der Waals surface area contributed by atoms with E-state index in [-0.39, 0.29) is 18.3 Å². The maximum absolute atomic E-state index is 13.4. The zero-order chi connectivity index (χ0) is 27.4. The van der Waals surface area contributed by atoms with Crippen LogP contribution in [0, 0.1) is 6.92 Å². The summed E-state index contributed by atoms with van der Waals surface area (Å²) in [4.78, 5) is 16.5. The summed E-state index contributed by atoms with van der Waals surface area (Å²) in [5, 5.41) is 12.4. The summed E-state index contributed by atoms with van der Waals surface area (Å²) in [5.74, 6) is 0.398. The Morgan fingerprint density at radius 1 is 1.13 bits per heavy atom. The molecule has 0 amide bonds. The lowest BCUT2D eigenvalue weighted by atomic mass is 9.95. The number of hydrogen-bond donors (Lipinski definition) is 3. The normalized spacial score (nSPS) is 11.3. The molecule has 1 aromatic heterocycles. The first-order valence-corrected chi connectivity index (χ1v) is 13.6. The zero-order valence-corrected chi connectivity index (χ0v) is 23.7. The predicted molar refractivity (Wildman–Crippen MR) is 157 cm³/mol. The van der Waals surface area contributed by atoms with Gasteiger partial charge in [-0.05, 0) is 69.4 Å². The van der Waals surface area contributed by atoms with Crippen LogP contribution < -0.4 is 10.9 Å². The van der Waals surface area contributed by atoms with Gasteiger partial charge in [-0.3, -0.25) is 0 Å². The molecule has 1 heterocycles. The molecule has 3 N–H and O–H groups in total. The Labute approximate surface area is 228 Å². The van der Waals surface area contributed by atoms with Crippen LogP contribution in [0.5, 0.6) is 5.75 Å². The molecule has 7 nitrogen and oxygen atoms in total. The van der Waals surface area contributed by atoms with E-state index in [9.17, 15) is 9.90 Å². The molecule has 0 radical (unpaired) electrons. The van der Waals surface area contributed by atoms with Gasteiger partial charge >= 0.3 is 5.97 Å². The Bertz CT molecular complexity index is 1450. The largest absolute Gasteiger partial charge is 0.507 e. The van der Waals surface area contributed by atoms with Crippen LogP contribution in [0.1, 0.15) is 34.1 Å². The van der Waals surface area contributed by atoms with Crippen LogP contribution in [0.2, 0.25) is 0 Å². The van der Waals surface area contributed by atoms with Crippen LogP contribution in [0.15, 0.2) is 59.5 Å². The number of phenolic OH excluding ortho intramolecular Hbond substituents is 1. The van der Waals surface area contributed by atoms with E-state index in [4.69, 9.17) is 4.74 Å². The lowest BCUT2D eigenvalue weighted by Crippen LogP contribution is -2.15. The number of phenols is 1. The zero-order valence-electron chi connectivity index (χ0n) is 22.9. The summed E-state index contributed by atoms with van der Waals surface area (Å²) in [6.07, 6.45) is 0. The molecule has 0 atom stereocenters. The van der Waals surface area contributed by atoms with Crippen molar-refractivity contribution in [2.45, 2.75) is 31.0 Å². The minimum atomic E-state index is -0.368. The van der Waals surface area contributed by atoms with Gasteiger partial charge in [0, 0.05) is 53.5 Å². The van der Waals surface area contributed by atoms with Crippen LogP contribution in [-0.2, 0) is 24.1 Å². The Morgan fingerprint density at radius 2 is 1.87 bits per heavy atom. The molecule has 0 aliphatic carbocycles. The summed E-state index contributed by atoms with van der Waals surface area (Å²) in [7, 11) is 7.72. The highest BCUT2D eigenvalue weighted by atomic mass is 32.2. The summed E-state index contributed by atoms with van der Waals surface area (Å²) in [5.41, 5.74) is 12.7. The Balaban J connectivity index is 1.96. The van der Waals surface area contributed by atoms with Gasteiger partial charge in [-0.2, -0.15) is 0 Å². The fourth-order valence-corrected chi connectivity index (χ4v) is 5.76. The van der Waals surface area contributed by atoms with Crippen LogP contribution in [0.4, 0.5) is 5.69 Å². The van der Waals surface area contributed by atoms with Crippen LogP contribution in [-0.4, -0.2) is 48.3 Å². The molecule has 0 aliphatic rings. The van der Waals surface area contributed by atoms with Crippen molar-refractivity contribution in [3.05, 3.63) is 77.0 Å². The highest BCUT2D eigenvalue weighted by molar-refractivity contribution is 7.98. The van der Waals surface area contributed by atoms with E-state index in [1.54, 1.807) is 11.8 Å². The SMILES string of the molecule is CCOC(=O)c1c(CSc2ccccc2)n(C)c2cc(-c3ccc(NNC)c(C)c3)c(O)c(CN(C)C)c12. The highest BCUT2D eigenvalue weighted by Gasteiger charge is 2.28. The first-order chi connectivity index (χ1) is 18.3. The van der Waals surface area contributed by atoms with E-state index >= 15 is 0 Å². The van der Waals surface area contributed by atoms with Crippen molar-refractivity contribution in [3.8, 4) is 16.9 Å². The molecule has 4 aromatic rings. The van der Waals surface area contributed by atoms with Gasteiger partial charge < -0.3 is 24.7 Å². The van der Waals surface area contributed by atoms with Gasteiger partial charge in [0.1, 0.15) is 5.75 Å². The summed E-state index contributed by atoms with van der Waals surface area (Å²) >= 11 is 1.67. The first-order valence-electron chi connectivity index (χ1n) is 12.7. The topological polar surface area (TPSA) is 78.8 Å². The van der Waals surface area contributed by atoms with Crippen LogP contribution in [0.25, 0.3) is 22.0 Å². The number of fused-ring (bicyclic) bond motifs is 1. The number of hydrazine groups is 1. The van der Waals surface area contributed by atoms with Gasteiger partial charge in [-0.15, -0.1) is 11.8 Å². The molecule has 0 fully saturated rings. The summed E-state index contributed by atoms with van der Waals surface area (Å²) < 4.78 is 7.61. The summed E-state index contributed by atoms with van der Waals surface area (Å²) in [6, 6.07) is 18.2. The van der Waals surface area contributed by atoms with Gasteiger partial charge in [-0.25, -0.2) is 10.2 Å².